The minimum absolute atomic E-state index is 0.470. The Morgan fingerprint density at radius 1 is 0.240 bits per heavy atom. The van der Waals surface area contributed by atoms with Gasteiger partial charge < -0.3 is 13.7 Å². The molecule has 0 aliphatic carbocycles. The van der Waals surface area contributed by atoms with Crippen LogP contribution >= 0.6 is 45.3 Å². The molecule has 0 saturated heterocycles. The van der Waals surface area contributed by atoms with E-state index in [4.69, 9.17) is 26.5 Å². The highest BCUT2D eigenvalue weighted by Gasteiger charge is 2.26. The third kappa shape index (κ3) is 14.3. The molecule has 680 valence electrons. The molecule has 16 heteroatoms. The van der Waals surface area contributed by atoms with Crippen LogP contribution < -0.4 is 0 Å². The Bertz CT molecular complexity index is 10800. The van der Waals surface area contributed by atoms with Gasteiger partial charge in [0.1, 0.15) is 0 Å². The Morgan fingerprint density at radius 2 is 0.630 bits per heavy atom. The lowest BCUT2D eigenvalue weighted by atomic mass is 9.99. The van der Waals surface area contributed by atoms with Crippen LogP contribution in [-0.4, -0.2) is 48.2 Å². The lowest BCUT2D eigenvalue weighted by Gasteiger charge is -2.14. The van der Waals surface area contributed by atoms with Gasteiger partial charge in [-0.25, -0.2) is 24.8 Å². The van der Waals surface area contributed by atoms with Crippen molar-refractivity contribution < 1.29 is 0 Å². The zero-order valence-corrected chi connectivity index (χ0v) is 81.1. The van der Waals surface area contributed by atoms with Gasteiger partial charge in [-0.05, 0) is 157 Å². The number of hydrogen-bond donors (Lipinski definition) is 0. The molecule has 0 saturated carbocycles. The van der Waals surface area contributed by atoms with Crippen LogP contribution in [0.5, 0.6) is 0 Å². The third-order valence-corrected chi connectivity index (χ3v) is 32.8. The van der Waals surface area contributed by atoms with Gasteiger partial charge in [-0.3, -0.25) is 14.5 Å². The maximum Gasteiger partial charge on any atom is 0.235 e. The lowest BCUT2D eigenvalue weighted by Crippen LogP contribution is -2.03. The highest BCUT2D eigenvalue weighted by Crippen LogP contribution is 2.50. The predicted molar refractivity (Wildman–Crippen MR) is 615 cm³/mol. The number of aromatic nitrogens is 10. The summed E-state index contributed by atoms with van der Waals surface area (Å²) in [7, 11) is 0. The number of benzene rings is 19. The molecule has 31 rings (SSSR count). The molecule has 0 spiro atoms. The summed E-state index contributed by atoms with van der Waals surface area (Å²) in [6, 6.07) is 156. The minimum atomic E-state index is 0.470. The first-order valence-corrected chi connectivity index (χ1v) is 51.6. The summed E-state index contributed by atoms with van der Waals surface area (Å²) in [6.07, 6.45) is 7.51. The zero-order chi connectivity index (χ0) is 96.6. The van der Waals surface area contributed by atoms with Gasteiger partial charge in [0.05, 0.1) is 88.6 Å². The van der Waals surface area contributed by atoms with E-state index in [1.54, 1.807) is 17.4 Å². The largest absolute Gasteiger partial charge is 0.310 e. The standard InChI is InChI=1S/C38H23N3S.C34H21N3S.C32H19N3S.C26H13N3S/c1-2-11-24(12-3-1)35-31-17-4-7-18-32(31)39-38(40-35)25-13-10-14-26(23-25)41-33-19-8-5-15-27(33)29-21-22-30-28-16-6-9-20-34(28)42-37(30)36(29)41;1-3-11-31-27(9-1)29-13-14-30-28-10-2-4-12-32(28)38-34(30)33(29)37(31)26-18-24(22-7-5-15-35-20-22)17-25(19-26)23-8-6-16-36-21-23;1-2-10-20(11-3-1)31-23-14-4-7-15-26(23)33-32(34-31)35-27-16-8-5-12-21(27)24-18-25-22-13-6-9-17-29(22)36-30(25)19-28(24)35;1-28-17-10-16(15-27)11-18(12-17)29-23-8-4-2-6-19(23)21-13-22-20-7-3-5-9-25(20)30-26(22)14-24(21)29/h1-23H;1-21H;1-19H;2-14H. The van der Waals surface area contributed by atoms with Crippen LogP contribution in [0.15, 0.2) is 462 Å². The van der Waals surface area contributed by atoms with Gasteiger partial charge >= 0.3 is 0 Å². The van der Waals surface area contributed by atoms with E-state index >= 15 is 0 Å². The van der Waals surface area contributed by atoms with Crippen molar-refractivity contribution in [2.24, 2.45) is 0 Å². The van der Waals surface area contributed by atoms with Crippen molar-refractivity contribution in [1.29, 1.82) is 5.26 Å². The Hall–Kier alpha value is -18.8. The van der Waals surface area contributed by atoms with E-state index in [2.05, 4.69) is 415 Å². The summed E-state index contributed by atoms with van der Waals surface area (Å²) in [5.41, 5.74) is 24.7. The average molecular weight is 1930 g/mol. The molecule has 0 amide bonds. The average Bonchev–Trinajstić information content (AvgIpc) is 1.55. The maximum absolute atomic E-state index is 9.47. The van der Waals surface area contributed by atoms with Crippen molar-refractivity contribution in [3.8, 4) is 85.2 Å². The van der Waals surface area contributed by atoms with Crippen molar-refractivity contribution in [3.05, 3.63) is 479 Å². The van der Waals surface area contributed by atoms with Crippen molar-refractivity contribution in [2.45, 2.75) is 0 Å². The van der Waals surface area contributed by atoms with Gasteiger partial charge in [-0.15, -0.1) is 45.3 Å². The first-order valence-electron chi connectivity index (χ1n) is 48.3. The van der Waals surface area contributed by atoms with Crippen molar-refractivity contribution in [3.63, 3.8) is 0 Å². The predicted octanol–water partition coefficient (Wildman–Crippen LogP) is 36.0. The summed E-state index contributed by atoms with van der Waals surface area (Å²) >= 11 is 7.38. The Morgan fingerprint density at radius 3 is 1.13 bits per heavy atom. The molecule has 0 atom stereocenters. The fourth-order valence-corrected chi connectivity index (χ4v) is 26.4. The van der Waals surface area contributed by atoms with Crippen molar-refractivity contribution in [1.82, 2.24) is 48.2 Å². The number of fused-ring (bicyclic) bond motifs is 28. The zero-order valence-electron chi connectivity index (χ0n) is 77.9. The molecular weight excluding hydrogens is 1860 g/mol. The quantitative estimate of drug-likeness (QED) is 0.132. The second-order valence-electron chi connectivity index (χ2n) is 36.5. The fraction of sp³-hybridized carbons (Fsp3) is 0. The monoisotopic (exact) mass is 1930 g/mol. The van der Waals surface area contributed by atoms with Crippen molar-refractivity contribution in [2.75, 3.05) is 0 Å². The minimum Gasteiger partial charge on any atom is -0.310 e. The molecule has 12 nitrogen and oxygen atoms in total. The molecular formula is C130H76N12S4. The number of rotatable bonds is 9. The normalized spacial score (nSPS) is 11.7. The highest BCUT2D eigenvalue weighted by atomic mass is 32.1. The number of para-hydroxylation sites is 6. The van der Waals surface area contributed by atoms with Gasteiger partial charge in [0.2, 0.25) is 5.95 Å². The van der Waals surface area contributed by atoms with Gasteiger partial charge in [-0.2, -0.15) is 5.26 Å². The summed E-state index contributed by atoms with van der Waals surface area (Å²) in [4.78, 5) is 32.8. The fourth-order valence-electron chi connectivity index (χ4n) is 21.6. The van der Waals surface area contributed by atoms with Crippen LogP contribution in [0.1, 0.15) is 5.56 Å². The second kappa shape index (κ2) is 35.2. The number of hydrogen-bond acceptors (Lipinski definition) is 11. The molecule has 0 radical (unpaired) electrons. The summed E-state index contributed by atoms with van der Waals surface area (Å²) in [5, 5.41) is 31.8. The van der Waals surface area contributed by atoms with Gasteiger partial charge in [0.25, 0.3) is 0 Å². The molecule has 0 aliphatic rings. The van der Waals surface area contributed by atoms with E-state index < -0.39 is 0 Å². The van der Waals surface area contributed by atoms with Crippen molar-refractivity contribution >= 4 is 241 Å². The summed E-state index contributed by atoms with van der Waals surface area (Å²) in [5.74, 6) is 1.42. The van der Waals surface area contributed by atoms with E-state index in [-0.39, 0.29) is 0 Å². The molecule has 0 bridgehead atoms. The molecule has 12 aromatic heterocycles. The van der Waals surface area contributed by atoms with E-state index in [0.717, 1.165) is 122 Å². The smallest absolute Gasteiger partial charge is 0.235 e. The first-order chi connectivity index (χ1) is 72.3. The second-order valence-corrected chi connectivity index (χ2v) is 40.8. The molecule has 12 heterocycles. The Kier molecular flexibility index (Phi) is 20.5. The van der Waals surface area contributed by atoms with E-state index in [9.17, 15) is 5.26 Å². The Labute approximate surface area is 851 Å². The van der Waals surface area contributed by atoms with E-state index in [0.29, 0.717) is 17.2 Å². The highest BCUT2D eigenvalue weighted by molar-refractivity contribution is 7.27. The van der Waals surface area contributed by atoms with Crippen LogP contribution in [0, 0.1) is 17.9 Å². The lowest BCUT2D eigenvalue weighted by molar-refractivity contribution is 1.01. The SMILES string of the molecule is [C-]#[N+]c1cc(C#N)cc(-n2c3ccccc3c3cc4c(cc32)sc2ccccc24)c1.c1ccc(-c2nc(-c3cccc(-n4c5ccccc5c5ccc6c7ccccc7sc6c54)c3)nc3ccccc23)cc1.c1ccc(-c2nc(-n3c4ccccc4c4cc5c(cc43)sc3ccccc35)nc3ccccc23)cc1.c1cncc(-c2cc(-c3cccnc3)cc(-n3c4ccccc4c4ccc5c6ccccc6sc5c43)c2)c1. The Balaban J connectivity index is 0.0000000949. The summed E-state index contributed by atoms with van der Waals surface area (Å²) in [6.45, 7) is 7.44. The molecule has 31 aromatic rings. The van der Waals surface area contributed by atoms with Crippen LogP contribution in [-0.2, 0) is 0 Å². The molecule has 146 heavy (non-hydrogen) atoms. The van der Waals surface area contributed by atoms with Crippen LogP contribution in [0.4, 0.5) is 5.69 Å². The van der Waals surface area contributed by atoms with E-state index in [1.165, 1.54) is 140 Å². The summed E-state index contributed by atoms with van der Waals surface area (Å²) < 4.78 is 19.6. The van der Waals surface area contributed by atoms with Crippen LogP contribution in [0.2, 0.25) is 0 Å². The van der Waals surface area contributed by atoms with Gasteiger partial charge in [0, 0.05) is 200 Å². The molecule has 19 aromatic carbocycles. The molecule has 0 fully saturated rings. The van der Waals surface area contributed by atoms with Gasteiger partial charge in [-0.1, -0.05) is 291 Å². The van der Waals surface area contributed by atoms with Crippen LogP contribution in [0.3, 0.4) is 0 Å². The topological polar surface area (TPSA) is 125 Å². The molecule has 0 aliphatic heterocycles. The molecule has 0 unspecified atom stereocenters. The number of thiophene rings is 4. The number of nitrogens with zero attached hydrogens (tertiary/aromatic N) is 12. The number of nitriles is 1. The molecule has 0 N–H and O–H groups in total. The van der Waals surface area contributed by atoms with Crippen LogP contribution in [0.25, 0.3) is 274 Å². The van der Waals surface area contributed by atoms with E-state index in [1.807, 2.05) is 113 Å². The number of pyridine rings is 2. The maximum atomic E-state index is 9.47. The van der Waals surface area contributed by atoms with Gasteiger partial charge in [0.15, 0.2) is 11.5 Å². The first kappa shape index (κ1) is 85.2. The third-order valence-electron chi connectivity index (χ3n) is 28.1.